The first kappa shape index (κ1) is 18.9. The van der Waals surface area contributed by atoms with Gasteiger partial charge >= 0.3 is 0 Å². The number of likely N-dealkylation sites (tertiary alicyclic amines) is 1. The number of carbonyl (C=O) groups excluding carboxylic acids is 2. The maximum atomic E-state index is 12.7. The first-order valence-electron chi connectivity index (χ1n) is 9.81. The van der Waals surface area contributed by atoms with Gasteiger partial charge in [-0.3, -0.25) is 9.59 Å². The molecule has 1 N–H and O–H groups in total. The topological polar surface area (TPSA) is 67.2 Å². The van der Waals surface area contributed by atoms with Gasteiger partial charge in [0.2, 0.25) is 11.8 Å². The van der Waals surface area contributed by atoms with Crippen LogP contribution in [-0.2, 0) is 29.2 Å². The lowest BCUT2D eigenvalue weighted by Gasteiger charge is -2.17. The molecule has 0 bridgehead atoms. The number of imidazole rings is 1. The van der Waals surface area contributed by atoms with Gasteiger partial charge in [0.25, 0.3) is 0 Å². The zero-order valence-corrected chi connectivity index (χ0v) is 16.2. The maximum Gasteiger partial charge on any atom is 0.225 e. The third-order valence-electron chi connectivity index (χ3n) is 5.29. The molecule has 1 aromatic heterocycles. The predicted molar refractivity (Wildman–Crippen MR) is 110 cm³/mol. The number of rotatable bonds is 7. The number of hydrogen-bond acceptors (Lipinski definition) is 3. The largest absolute Gasteiger partial charge is 0.352 e. The molecule has 1 aliphatic rings. The monoisotopic (exact) mass is 388 g/mol. The van der Waals surface area contributed by atoms with Crippen molar-refractivity contribution in [3.63, 3.8) is 0 Å². The van der Waals surface area contributed by atoms with E-state index in [4.69, 9.17) is 0 Å². The van der Waals surface area contributed by atoms with Crippen molar-refractivity contribution in [2.45, 2.75) is 26.1 Å². The number of aromatic nitrogens is 2. The van der Waals surface area contributed by atoms with Crippen molar-refractivity contribution in [3.05, 3.63) is 90.0 Å². The Morgan fingerprint density at radius 3 is 2.55 bits per heavy atom. The van der Waals surface area contributed by atoms with Crippen LogP contribution in [0.5, 0.6) is 0 Å². The molecule has 2 heterocycles. The second kappa shape index (κ2) is 8.73. The summed E-state index contributed by atoms with van der Waals surface area (Å²) in [5.74, 6) is -0.326. The summed E-state index contributed by atoms with van der Waals surface area (Å²) < 4.78 is 2.00. The summed E-state index contributed by atoms with van der Waals surface area (Å²) in [6.45, 7) is 2.18. The Hall–Kier alpha value is -3.41. The van der Waals surface area contributed by atoms with Crippen LogP contribution in [0.15, 0.2) is 73.3 Å². The number of carbonyl (C=O) groups is 2. The number of benzene rings is 2. The molecule has 0 unspecified atom stereocenters. The van der Waals surface area contributed by atoms with Crippen molar-refractivity contribution in [2.75, 3.05) is 6.54 Å². The van der Waals surface area contributed by atoms with E-state index < -0.39 is 0 Å². The van der Waals surface area contributed by atoms with Crippen LogP contribution in [0.4, 0.5) is 0 Å². The van der Waals surface area contributed by atoms with Crippen molar-refractivity contribution in [3.8, 4) is 0 Å². The SMILES string of the molecule is O=C(NCc1ccccc1Cn1ccnc1)[C@@H]1CC(=O)N(Cc2ccccc2)C1. The molecule has 2 aromatic carbocycles. The molecular weight excluding hydrogens is 364 g/mol. The van der Waals surface area contributed by atoms with E-state index >= 15 is 0 Å². The molecular formula is C23H24N4O2. The lowest BCUT2D eigenvalue weighted by atomic mass is 10.1. The first-order chi connectivity index (χ1) is 14.2. The maximum absolute atomic E-state index is 12.7. The number of amides is 2. The zero-order chi connectivity index (χ0) is 20.1. The minimum Gasteiger partial charge on any atom is -0.352 e. The van der Waals surface area contributed by atoms with Gasteiger partial charge in [0.1, 0.15) is 0 Å². The molecule has 6 heteroatoms. The highest BCUT2D eigenvalue weighted by Gasteiger charge is 2.34. The molecule has 1 atom stereocenters. The molecule has 1 fully saturated rings. The molecule has 3 aromatic rings. The van der Waals surface area contributed by atoms with E-state index in [2.05, 4.69) is 16.4 Å². The Bertz CT molecular complexity index is 970. The second-order valence-electron chi connectivity index (χ2n) is 7.38. The Labute approximate surface area is 170 Å². The minimum atomic E-state index is -0.299. The Morgan fingerprint density at radius 1 is 1.03 bits per heavy atom. The standard InChI is InChI=1S/C23H24N4O2/c28-22-12-21(16-27(22)14-18-6-2-1-3-7-18)23(29)25-13-19-8-4-5-9-20(19)15-26-11-10-24-17-26/h1-11,17,21H,12-16H2,(H,25,29)/t21-/m1/s1. The van der Waals surface area contributed by atoms with Gasteiger partial charge in [-0.25, -0.2) is 4.98 Å². The van der Waals surface area contributed by atoms with E-state index in [1.54, 1.807) is 17.4 Å². The van der Waals surface area contributed by atoms with Gasteiger partial charge < -0.3 is 14.8 Å². The third-order valence-corrected chi connectivity index (χ3v) is 5.29. The van der Waals surface area contributed by atoms with Gasteiger partial charge in [0.05, 0.1) is 12.2 Å². The molecule has 4 rings (SSSR count). The number of hydrogen-bond donors (Lipinski definition) is 1. The lowest BCUT2D eigenvalue weighted by Crippen LogP contribution is -2.32. The summed E-state index contributed by atoms with van der Waals surface area (Å²) >= 11 is 0. The molecule has 1 saturated heterocycles. The third kappa shape index (κ3) is 4.71. The summed E-state index contributed by atoms with van der Waals surface area (Å²) in [4.78, 5) is 30.9. The van der Waals surface area contributed by atoms with Crippen molar-refractivity contribution in [2.24, 2.45) is 5.92 Å². The average molecular weight is 388 g/mol. The van der Waals surface area contributed by atoms with E-state index in [9.17, 15) is 9.59 Å². The van der Waals surface area contributed by atoms with E-state index in [0.29, 0.717) is 26.2 Å². The number of nitrogens with one attached hydrogen (secondary N) is 1. The highest BCUT2D eigenvalue weighted by Crippen LogP contribution is 2.21. The smallest absolute Gasteiger partial charge is 0.225 e. The molecule has 148 valence electrons. The highest BCUT2D eigenvalue weighted by atomic mass is 16.2. The van der Waals surface area contributed by atoms with E-state index in [0.717, 1.165) is 16.7 Å². The molecule has 1 aliphatic heterocycles. The van der Waals surface area contributed by atoms with Crippen molar-refractivity contribution in [1.82, 2.24) is 19.8 Å². The molecule has 0 saturated carbocycles. The zero-order valence-electron chi connectivity index (χ0n) is 16.2. The highest BCUT2D eigenvalue weighted by molar-refractivity contribution is 5.89. The quantitative estimate of drug-likeness (QED) is 0.677. The Morgan fingerprint density at radius 2 is 1.79 bits per heavy atom. The van der Waals surface area contributed by atoms with Crippen LogP contribution < -0.4 is 5.32 Å². The van der Waals surface area contributed by atoms with Crippen LogP contribution in [0, 0.1) is 5.92 Å². The molecule has 2 amide bonds. The van der Waals surface area contributed by atoms with Gasteiger partial charge in [-0.1, -0.05) is 54.6 Å². The lowest BCUT2D eigenvalue weighted by molar-refractivity contribution is -0.129. The van der Waals surface area contributed by atoms with Gasteiger partial charge in [0, 0.05) is 45.0 Å². The van der Waals surface area contributed by atoms with E-state index in [1.807, 2.05) is 59.3 Å². The van der Waals surface area contributed by atoms with E-state index in [1.165, 1.54) is 0 Å². The summed E-state index contributed by atoms with van der Waals surface area (Å²) in [6, 6.07) is 17.9. The fourth-order valence-corrected chi connectivity index (χ4v) is 3.69. The van der Waals surface area contributed by atoms with Crippen molar-refractivity contribution in [1.29, 1.82) is 0 Å². The average Bonchev–Trinajstić information content (AvgIpc) is 3.38. The van der Waals surface area contributed by atoms with Crippen LogP contribution in [0.2, 0.25) is 0 Å². The molecule has 0 radical (unpaired) electrons. The van der Waals surface area contributed by atoms with Crippen LogP contribution in [0.25, 0.3) is 0 Å². The molecule has 0 aliphatic carbocycles. The predicted octanol–water partition coefficient (Wildman–Crippen LogP) is 2.60. The minimum absolute atomic E-state index is 0.0366. The number of nitrogens with zero attached hydrogens (tertiary/aromatic N) is 3. The fourth-order valence-electron chi connectivity index (χ4n) is 3.69. The van der Waals surface area contributed by atoms with Crippen LogP contribution in [0.1, 0.15) is 23.1 Å². The van der Waals surface area contributed by atoms with Gasteiger partial charge in [-0.2, -0.15) is 0 Å². The summed E-state index contributed by atoms with van der Waals surface area (Å²) in [5.41, 5.74) is 3.29. The molecule has 0 spiro atoms. The Kier molecular flexibility index (Phi) is 5.70. The van der Waals surface area contributed by atoms with Gasteiger partial charge in [0.15, 0.2) is 0 Å². The van der Waals surface area contributed by atoms with Crippen LogP contribution in [-0.4, -0.2) is 32.8 Å². The van der Waals surface area contributed by atoms with Crippen LogP contribution >= 0.6 is 0 Å². The molecule has 6 nitrogen and oxygen atoms in total. The normalized spacial score (nSPS) is 16.2. The van der Waals surface area contributed by atoms with Gasteiger partial charge in [-0.05, 0) is 16.7 Å². The Balaban J connectivity index is 1.34. The summed E-state index contributed by atoms with van der Waals surface area (Å²) in [7, 11) is 0. The second-order valence-corrected chi connectivity index (χ2v) is 7.38. The van der Waals surface area contributed by atoms with Gasteiger partial charge in [-0.15, -0.1) is 0 Å². The fraction of sp³-hybridized carbons (Fsp3) is 0.261. The molecule has 29 heavy (non-hydrogen) atoms. The summed E-state index contributed by atoms with van der Waals surface area (Å²) in [6.07, 6.45) is 5.72. The van der Waals surface area contributed by atoms with Crippen molar-refractivity contribution < 1.29 is 9.59 Å². The van der Waals surface area contributed by atoms with E-state index in [-0.39, 0.29) is 24.2 Å². The van der Waals surface area contributed by atoms with Crippen molar-refractivity contribution >= 4 is 11.8 Å². The van der Waals surface area contributed by atoms with Crippen LogP contribution in [0.3, 0.4) is 0 Å². The first-order valence-corrected chi connectivity index (χ1v) is 9.81. The summed E-state index contributed by atoms with van der Waals surface area (Å²) in [5, 5.41) is 3.02.